The number of ether oxygens (including phenoxy) is 1. The molecule has 3 nitrogen and oxygen atoms in total. The first-order chi connectivity index (χ1) is 8.15. The first kappa shape index (κ1) is 15.3. The van der Waals surface area contributed by atoms with Crippen molar-refractivity contribution in [2.45, 2.75) is 44.9 Å². The SMILES string of the molecule is CSCC(C)N(C)CCNC(C)C1CCCO1. The zero-order chi connectivity index (χ0) is 12.7. The van der Waals surface area contributed by atoms with E-state index >= 15 is 0 Å². The van der Waals surface area contributed by atoms with E-state index in [0.717, 1.165) is 19.7 Å². The molecule has 3 atom stereocenters. The number of hydrogen-bond donors (Lipinski definition) is 1. The third-order valence-electron chi connectivity index (χ3n) is 3.61. The Bertz CT molecular complexity index is 198. The van der Waals surface area contributed by atoms with Crippen LogP contribution in [0.2, 0.25) is 0 Å². The fourth-order valence-electron chi connectivity index (χ4n) is 2.19. The van der Waals surface area contributed by atoms with E-state index in [1.54, 1.807) is 0 Å². The van der Waals surface area contributed by atoms with Gasteiger partial charge >= 0.3 is 0 Å². The summed E-state index contributed by atoms with van der Waals surface area (Å²) in [4.78, 5) is 2.42. The summed E-state index contributed by atoms with van der Waals surface area (Å²) >= 11 is 1.92. The van der Waals surface area contributed by atoms with Gasteiger partial charge in [-0.3, -0.25) is 0 Å². The first-order valence-electron chi connectivity index (χ1n) is 6.69. The Kier molecular flexibility index (Phi) is 7.51. The maximum atomic E-state index is 5.68. The Morgan fingerprint density at radius 1 is 1.47 bits per heavy atom. The molecular weight excluding hydrogens is 232 g/mol. The highest BCUT2D eigenvalue weighted by molar-refractivity contribution is 7.98. The van der Waals surface area contributed by atoms with Crippen LogP contribution in [0.25, 0.3) is 0 Å². The molecule has 0 radical (unpaired) electrons. The average Bonchev–Trinajstić information content (AvgIpc) is 2.82. The van der Waals surface area contributed by atoms with Crippen LogP contribution in [0, 0.1) is 0 Å². The van der Waals surface area contributed by atoms with E-state index in [-0.39, 0.29) is 0 Å². The van der Waals surface area contributed by atoms with Crippen LogP contribution in [-0.2, 0) is 4.74 Å². The third-order valence-corrected chi connectivity index (χ3v) is 4.43. The second-order valence-corrected chi connectivity index (χ2v) is 5.99. The lowest BCUT2D eigenvalue weighted by Gasteiger charge is -2.26. The van der Waals surface area contributed by atoms with Gasteiger partial charge in [0, 0.05) is 37.5 Å². The molecule has 1 saturated heterocycles. The maximum absolute atomic E-state index is 5.68. The van der Waals surface area contributed by atoms with Crippen LogP contribution >= 0.6 is 11.8 Å². The molecule has 0 aromatic rings. The molecule has 0 saturated carbocycles. The lowest BCUT2D eigenvalue weighted by Crippen LogP contribution is -2.42. The number of nitrogens with one attached hydrogen (secondary N) is 1. The molecule has 1 fully saturated rings. The van der Waals surface area contributed by atoms with Crippen LogP contribution in [-0.4, -0.2) is 61.8 Å². The Balaban J connectivity index is 2.09. The quantitative estimate of drug-likeness (QED) is 0.719. The summed E-state index contributed by atoms with van der Waals surface area (Å²) in [5.41, 5.74) is 0. The molecule has 1 rings (SSSR count). The monoisotopic (exact) mass is 260 g/mol. The molecule has 4 heteroatoms. The highest BCUT2D eigenvalue weighted by Crippen LogP contribution is 2.15. The van der Waals surface area contributed by atoms with Crippen LogP contribution in [0.1, 0.15) is 26.7 Å². The standard InChI is InChI=1S/C13H28N2OS/c1-11(10-17-4)15(3)8-7-14-12(2)13-6-5-9-16-13/h11-14H,5-10H2,1-4H3. The average molecular weight is 260 g/mol. The lowest BCUT2D eigenvalue weighted by molar-refractivity contribution is 0.0826. The topological polar surface area (TPSA) is 24.5 Å². The predicted molar refractivity (Wildman–Crippen MR) is 76.9 cm³/mol. The van der Waals surface area contributed by atoms with Crippen LogP contribution in [0.5, 0.6) is 0 Å². The van der Waals surface area contributed by atoms with Gasteiger partial charge in [-0.05, 0) is 40.0 Å². The highest BCUT2D eigenvalue weighted by Gasteiger charge is 2.21. The number of rotatable bonds is 8. The molecule has 0 spiro atoms. The van der Waals surface area contributed by atoms with Crippen LogP contribution < -0.4 is 5.32 Å². The zero-order valence-electron chi connectivity index (χ0n) is 11.7. The molecule has 0 aliphatic carbocycles. The van der Waals surface area contributed by atoms with Crippen molar-refractivity contribution in [2.24, 2.45) is 0 Å². The summed E-state index contributed by atoms with van der Waals surface area (Å²) < 4.78 is 5.68. The van der Waals surface area contributed by atoms with Crippen molar-refractivity contribution in [1.29, 1.82) is 0 Å². The van der Waals surface area contributed by atoms with E-state index in [4.69, 9.17) is 4.74 Å². The van der Waals surface area contributed by atoms with Crippen molar-refractivity contribution in [1.82, 2.24) is 10.2 Å². The molecule has 17 heavy (non-hydrogen) atoms. The summed E-state index contributed by atoms with van der Waals surface area (Å²) in [5.74, 6) is 1.21. The van der Waals surface area contributed by atoms with Gasteiger partial charge in [-0.2, -0.15) is 11.8 Å². The summed E-state index contributed by atoms with van der Waals surface area (Å²) in [5, 5.41) is 3.58. The van der Waals surface area contributed by atoms with E-state index in [0.29, 0.717) is 18.2 Å². The van der Waals surface area contributed by atoms with E-state index in [2.05, 4.69) is 37.4 Å². The molecule has 0 aromatic carbocycles. The first-order valence-corrected chi connectivity index (χ1v) is 8.08. The van der Waals surface area contributed by atoms with Gasteiger partial charge in [0.15, 0.2) is 0 Å². The molecule has 1 heterocycles. The van der Waals surface area contributed by atoms with Gasteiger partial charge in [-0.1, -0.05) is 0 Å². The van der Waals surface area contributed by atoms with E-state index in [1.165, 1.54) is 18.6 Å². The molecule has 1 aliphatic heterocycles. The molecule has 1 N–H and O–H groups in total. The minimum absolute atomic E-state index is 0.434. The van der Waals surface area contributed by atoms with Gasteiger partial charge < -0.3 is 15.0 Å². The largest absolute Gasteiger partial charge is 0.377 e. The van der Waals surface area contributed by atoms with Gasteiger partial charge in [-0.25, -0.2) is 0 Å². The molecule has 3 unspecified atom stereocenters. The van der Waals surface area contributed by atoms with Crippen molar-refractivity contribution in [3.8, 4) is 0 Å². The maximum Gasteiger partial charge on any atom is 0.0726 e. The number of likely N-dealkylation sites (N-methyl/N-ethyl adjacent to an activating group) is 1. The van der Waals surface area contributed by atoms with Crippen LogP contribution in [0.3, 0.4) is 0 Å². The summed E-state index contributed by atoms with van der Waals surface area (Å²) in [6.07, 6.45) is 5.04. The van der Waals surface area contributed by atoms with E-state index in [1.807, 2.05) is 11.8 Å². The van der Waals surface area contributed by atoms with Crippen molar-refractivity contribution in [3.05, 3.63) is 0 Å². The molecule has 1 aliphatic rings. The number of nitrogens with zero attached hydrogens (tertiary/aromatic N) is 1. The van der Waals surface area contributed by atoms with E-state index < -0.39 is 0 Å². The minimum atomic E-state index is 0.434. The summed E-state index contributed by atoms with van der Waals surface area (Å²) in [6.45, 7) is 7.64. The van der Waals surface area contributed by atoms with Crippen molar-refractivity contribution in [2.75, 3.05) is 38.8 Å². The van der Waals surface area contributed by atoms with Crippen molar-refractivity contribution < 1.29 is 4.74 Å². The van der Waals surface area contributed by atoms with Gasteiger partial charge in [-0.15, -0.1) is 0 Å². The molecule has 0 aromatic heterocycles. The van der Waals surface area contributed by atoms with Gasteiger partial charge in [0.25, 0.3) is 0 Å². The fraction of sp³-hybridized carbons (Fsp3) is 1.00. The third kappa shape index (κ3) is 5.60. The molecule has 0 amide bonds. The smallest absolute Gasteiger partial charge is 0.0726 e. The van der Waals surface area contributed by atoms with Gasteiger partial charge in [0.2, 0.25) is 0 Å². The molecule has 0 bridgehead atoms. The summed E-state index contributed by atoms with van der Waals surface area (Å²) in [7, 11) is 2.21. The number of hydrogen-bond acceptors (Lipinski definition) is 4. The Morgan fingerprint density at radius 2 is 2.24 bits per heavy atom. The predicted octanol–water partition coefficient (Wildman–Crippen LogP) is 1.83. The second kappa shape index (κ2) is 8.35. The lowest BCUT2D eigenvalue weighted by atomic mass is 10.1. The fourth-order valence-corrected chi connectivity index (χ4v) is 2.92. The Labute approximate surface area is 111 Å². The van der Waals surface area contributed by atoms with Crippen LogP contribution in [0.4, 0.5) is 0 Å². The Hall–Kier alpha value is 0.230. The van der Waals surface area contributed by atoms with Crippen molar-refractivity contribution >= 4 is 11.8 Å². The summed E-state index contributed by atoms with van der Waals surface area (Å²) in [6, 6.07) is 1.14. The second-order valence-electron chi connectivity index (χ2n) is 5.08. The van der Waals surface area contributed by atoms with E-state index in [9.17, 15) is 0 Å². The van der Waals surface area contributed by atoms with Gasteiger partial charge in [0.05, 0.1) is 6.10 Å². The highest BCUT2D eigenvalue weighted by atomic mass is 32.2. The normalized spacial score (nSPS) is 24.2. The van der Waals surface area contributed by atoms with Crippen LogP contribution in [0.15, 0.2) is 0 Å². The van der Waals surface area contributed by atoms with Crippen molar-refractivity contribution in [3.63, 3.8) is 0 Å². The molecule has 102 valence electrons. The minimum Gasteiger partial charge on any atom is -0.377 e. The van der Waals surface area contributed by atoms with Gasteiger partial charge in [0.1, 0.15) is 0 Å². The molecular formula is C13H28N2OS. The zero-order valence-corrected chi connectivity index (χ0v) is 12.6. The number of thioether (sulfide) groups is 1. The Morgan fingerprint density at radius 3 is 2.82 bits per heavy atom.